The molecule has 0 aliphatic carbocycles. The van der Waals surface area contributed by atoms with E-state index in [1.807, 2.05) is 12.1 Å². The first-order valence-corrected chi connectivity index (χ1v) is 7.15. The van der Waals surface area contributed by atoms with E-state index in [0.29, 0.717) is 12.0 Å². The van der Waals surface area contributed by atoms with Crippen LogP contribution >= 0.6 is 0 Å². The molecular weight excluding hydrogens is 266 g/mol. The van der Waals surface area contributed by atoms with Gasteiger partial charge in [-0.25, -0.2) is 0 Å². The summed E-state index contributed by atoms with van der Waals surface area (Å²) in [6, 6.07) is 7.16. The molecule has 1 saturated heterocycles. The molecule has 1 aromatic carbocycles. The summed E-state index contributed by atoms with van der Waals surface area (Å²) in [6.45, 7) is 5.23. The van der Waals surface area contributed by atoms with Crippen LogP contribution in [0, 0.1) is 5.41 Å². The summed E-state index contributed by atoms with van der Waals surface area (Å²) < 4.78 is 0. The third kappa shape index (κ3) is 4.45. The van der Waals surface area contributed by atoms with Crippen molar-refractivity contribution in [3.8, 4) is 0 Å². The van der Waals surface area contributed by atoms with Crippen molar-refractivity contribution in [2.75, 3.05) is 6.54 Å². The molecule has 0 aromatic heterocycles. The highest BCUT2D eigenvalue weighted by Gasteiger charge is 2.26. The molecule has 0 spiro atoms. The van der Waals surface area contributed by atoms with Crippen molar-refractivity contribution in [2.24, 2.45) is 5.41 Å². The van der Waals surface area contributed by atoms with Crippen LogP contribution in [0.2, 0.25) is 0 Å². The van der Waals surface area contributed by atoms with E-state index in [-0.39, 0.29) is 17.6 Å². The van der Waals surface area contributed by atoms with Gasteiger partial charge in [-0.1, -0.05) is 38.1 Å². The molecule has 0 amide bonds. The first kappa shape index (κ1) is 15.3. The van der Waals surface area contributed by atoms with Gasteiger partial charge in [-0.2, -0.15) is 0 Å². The first-order valence-electron chi connectivity index (χ1n) is 7.15. The van der Waals surface area contributed by atoms with E-state index in [1.165, 1.54) is 0 Å². The molecule has 0 radical (unpaired) electrons. The number of ketones is 1. The minimum absolute atomic E-state index is 0.0139. The van der Waals surface area contributed by atoms with Crippen molar-refractivity contribution < 1.29 is 14.7 Å². The van der Waals surface area contributed by atoms with Crippen LogP contribution in [0.15, 0.2) is 36.0 Å². The molecular formula is C17H21NO3. The zero-order valence-electron chi connectivity index (χ0n) is 12.5. The molecule has 1 aromatic rings. The van der Waals surface area contributed by atoms with Crippen molar-refractivity contribution >= 4 is 11.8 Å². The van der Waals surface area contributed by atoms with Gasteiger partial charge in [0, 0.05) is 30.3 Å². The van der Waals surface area contributed by atoms with Crippen LogP contribution in [0.5, 0.6) is 0 Å². The molecule has 0 bridgehead atoms. The number of hydrogen-bond acceptors (Lipinski definition) is 3. The van der Waals surface area contributed by atoms with Crippen LogP contribution in [0.3, 0.4) is 0 Å². The standard InChI is InChI=1S/C17H21NO3/c1-17(2)10-14(18-11-17)9-15(19)13-6-3-12(4-7-13)5-8-16(20)21/h3-4,6-7,9,18H,5,8,10-11H2,1-2H3,(H,20,21)/b14-9-. The number of aliphatic carboxylic acids is 1. The van der Waals surface area contributed by atoms with Gasteiger partial charge >= 0.3 is 5.97 Å². The number of carboxylic acid groups (broad SMARTS) is 1. The van der Waals surface area contributed by atoms with Crippen molar-refractivity contribution in [3.05, 3.63) is 47.2 Å². The Morgan fingerprint density at radius 3 is 2.48 bits per heavy atom. The van der Waals surface area contributed by atoms with Gasteiger partial charge in [0.2, 0.25) is 0 Å². The van der Waals surface area contributed by atoms with E-state index in [9.17, 15) is 9.59 Å². The highest BCUT2D eigenvalue weighted by atomic mass is 16.4. The lowest BCUT2D eigenvalue weighted by Crippen LogP contribution is -2.15. The average Bonchev–Trinajstić information content (AvgIpc) is 2.76. The summed E-state index contributed by atoms with van der Waals surface area (Å²) in [7, 11) is 0. The van der Waals surface area contributed by atoms with Crippen LogP contribution in [0.1, 0.15) is 42.6 Å². The predicted octanol–water partition coefficient (Wildman–Crippen LogP) is 2.79. The predicted molar refractivity (Wildman–Crippen MR) is 81.2 cm³/mol. The lowest BCUT2D eigenvalue weighted by atomic mass is 9.92. The fraction of sp³-hybridized carbons (Fsp3) is 0.412. The maximum Gasteiger partial charge on any atom is 0.303 e. The SMILES string of the molecule is CC1(C)CN/C(=C\C(=O)c2ccc(CCC(=O)O)cc2)C1. The summed E-state index contributed by atoms with van der Waals surface area (Å²) in [5.41, 5.74) is 2.75. The van der Waals surface area contributed by atoms with Crippen LogP contribution in [-0.4, -0.2) is 23.4 Å². The fourth-order valence-corrected chi connectivity index (χ4v) is 2.42. The number of aryl methyl sites for hydroxylation is 1. The van der Waals surface area contributed by atoms with E-state index in [0.717, 1.165) is 24.2 Å². The molecule has 1 aliphatic rings. The maximum atomic E-state index is 12.2. The van der Waals surface area contributed by atoms with Crippen molar-refractivity contribution in [1.82, 2.24) is 5.32 Å². The second-order valence-electron chi connectivity index (χ2n) is 6.32. The molecule has 0 saturated carbocycles. The average molecular weight is 287 g/mol. The van der Waals surface area contributed by atoms with Gasteiger partial charge < -0.3 is 10.4 Å². The van der Waals surface area contributed by atoms with E-state index in [4.69, 9.17) is 5.11 Å². The third-order valence-corrected chi connectivity index (χ3v) is 3.63. The fourth-order valence-electron chi connectivity index (χ4n) is 2.42. The minimum Gasteiger partial charge on any atom is -0.481 e. The topological polar surface area (TPSA) is 66.4 Å². The van der Waals surface area contributed by atoms with Gasteiger partial charge in [-0.3, -0.25) is 9.59 Å². The Hall–Kier alpha value is -2.10. The number of carbonyl (C=O) groups excluding carboxylic acids is 1. The van der Waals surface area contributed by atoms with Gasteiger partial charge in [0.1, 0.15) is 0 Å². The van der Waals surface area contributed by atoms with E-state index < -0.39 is 5.97 Å². The van der Waals surface area contributed by atoms with Crippen molar-refractivity contribution in [3.63, 3.8) is 0 Å². The van der Waals surface area contributed by atoms with Gasteiger partial charge in [-0.05, 0) is 23.8 Å². The van der Waals surface area contributed by atoms with E-state index in [2.05, 4.69) is 19.2 Å². The molecule has 1 fully saturated rings. The Morgan fingerprint density at radius 1 is 1.29 bits per heavy atom. The van der Waals surface area contributed by atoms with E-state index in [1.54, 1.807) is 18.2 Å². The molecule has 2 N–H and O–H groups in total. The molecule has 2 rings (SSSR count). The Bertz CT molecular complexity index is 570. The molecule has 4 nitrogen and oxygen atoms in total. The second-order valence-corrected chi connectivity index (χ2v) is 6.32. The lowest BCUT2D eigenvalue weighted by molar-refractivity contribution is -0.136. The summed E-state index contributed by atoms with van der Waals surface area (Å²) in [6.07, 6.45) is 3.15. The number of allylic oxidation sites excluding steroid dienone is 2. The number of benzene rings is 1. The van der Waals surface area contributed by atoms with Crippen LogP contribution in [0.25, 0.3) is 0 Å². The number of carbonyl (C=O) groups is 2. The Kier molecular flexibility index (Phi) is 4.46. The molecule has 21 heavy (non-hydrogen) atoms. The number of rotatable bonds is 5. The zero-order valence-corrected chi connectivity index (χ0v) is 12.5. The second kappa shape index (κ2) is 6.12. The number of carboxylic acids is 1. The molecule has 112 valence electrons. The Balaban J connectivity index is 2.00. The van der Waals surface area contributed by atoms with Crippen molar-refractivity contribution in [2.45, 2.75) is 33.1 Å². The van der Waals surface area contributed by atoms with Crippen LogP contribution < -0.4 is 5.32 Å². The zero-order chi connectivity index (χ0) is 15.5. The smallest absolute Gasteiger partial charge is 0.303 e. The number of hydrogen-bond donors (Lipinski definition) is 2. The third-order valence-electron chi connectivity index (χ3n) is 3.63. The summed E-state index contributed by atoms with van der Waals surface area (Å²) in [5, 5.41) is 11.9. The molecule has 0 unspecified atom stereocenters. The quantitative estimate of drug-likeness (QED) is 0.645. The summed E-state index contributed by atoms with van der Waals surface area (Å²) in [5.74, 6) is -0.824. The van der Waals surface area contributed by atoms with E-state index >= 15 is 0 Å². The summed E-state index contributed by atoms with van der Waals surface area (Å²) in [4.78, 5) is 22.7. The Labute approximate surface area is 124 Å². The minimum atomic E-state index is -0.810. The largest absolute Gasteiger partial charge is 0.481 e. The summed E-state index contributed by atoms with van der Waals surface area (Å²) >= 11 is 0. The highest BCUT2D eigenvalue weighted by Crippen LogP contribution is 2.29. The number of nitrogens with one attached hydrogen (secondary N) is 1. The van der Waals surface area contributed by atoms with Gasteiger partial charge in [0.05, 0.1) is 0 Å². The van der Waals surface area contributed by atoms with Gasteiger partial charge in [-0.15, -0.1) is 0 Å². The first-order chi connectivity index (χ1) is 9.85. The molecule has 1 aliphatic heterocycles. The maximum absolute atomic E-state index is 12.2. The molecule has 0 atom stereocenters. The monoisotopic (exact) mass is 287 g/mol. The highest BCUT2D eigenvalue weighted by molar-refractivity contribution is 6.04. The van der Waals surface area contributed by atoms with Crippen molar-refractivity contribution in [1.29, 1.82) is 0 Å². The lowest BCUT2D eigenvalue weighted by Gasteiger charge is -2.12. The molecule has 1 heterocycles. The molecule has 4 heteroatoms. The van der Waals surface area contributed by atoms with Gasteiger partial charge in [0.15, 0.2) is 5.78 Å². The van der Waals surface area contributed by atoms with Crippen LogP contribution in [-0.2, 0) is 11.2 Å². The Morgan fingerprint density at radius 2 is 1.95 bits per heavy atom. The normalized spacial score (nSPS) is 18.5. The van der Waals surface area contributed by atoms with Crippen LogP contribution in [0.4, 0.5) is 0 Å². The van der Waals surface area contributed by atoms with Gasteiger partial charge in [0.25, 0.3) is 0 Å².